The number of nitrogens with two attached hydrogens (primary N) is 1. The summed E-state index contributed by atoms with van der Waals surface area (Å²) < 4.78 is 5.54. The normalized spacial score (nSPS) is 29.4. The average Bonchev–Trinajstić information content (AvgIpc) is 3.57. The highest BCUT2D eigenvalue weighted by atomic mass is 16.5. The molecule has 2 amide bonds. The van der Waals surface area contributed by atoms with Gasteiger partial charge in [-0.15, -0.1) is 0 Å². The highest BCUT2D eigenvalue weighted by Crippen LogP contribution is 2.36. The van der Waals surface area contributed by atoms with E-state index in [9.17, 15) is 14.4 Å². The second-order valence-electron chi connectivity index (χ2n) is 10.4. The molecule has 0 aromatic heterocycles. The van der Waals surface area contributed by atoms with Crippen LogP contribution in [0.5, 0.6) is 0 Å². The van der Waals surface area contributed by atoms with Crippen molar-refractivity contribution >= 4 is 17.6 Å². The molecule has 1 saturated carbocycles. The molecule has 1 aliphatic carbocycles. The molecule has 0 bridgehead atoms. The van der Waals surface area contributed by atoms with E-state index >= 15 is 0 Å². The van der Waals surface area contributed by atoms with E-state index in [-0.39, 0.29) is 36.8 Å². The van der Waals surface area contributed by atoms with Crippen LogP contribution < -0.4 is 11.1 Å². The molecule has 1 aromatic rings. The number of nitrogens with zero attached hydrogens (tertiary/aromatic N) is 2. The van der Waals surface area contributed by atoms with Gasteiger partial charge in [0.05, 0.1) is 6.04 Å². The third kappa shape index (κ3) is 4.16. The summed E-state index contributed by atoms with van der Waals surface area (Å²) in [5, 5.41) is 3.08. The molecule has 3 aliphatic heterocycles. The maximum Gasteiger partial charge on any atom is 0.252 e. The largest absolute Gasteiger partial charge is 0.366 e. The lowest BCUT2D eigenvalue weighted by atomic mass is 9.89. The molecule has 3 heterocycles. The summed E-state index contributed by atoms with van der Waals surface area (Å²) in [6.07, 6.45) is 4.70. The van der Waals surface area contributed by atoms with Crippen molar-refractivity contribution in [3.8, 4) is 0 Å². The number of ether oxygens (including phenoxy) is 1. The van der Waals surface area contributed by atoms with Gasteiger partial charge in [-0.3, -0.25) is 14.4 Å². The average molecular weight is 469 g/mol. The van der Waals surface area contributed by atoms with Crippen LogP contribution in [-0.2, 0) is 14.3 Å². The number of piperidine rings is 1. The van der Waals surface area contributed by atoms with E-state index in [1.807, 2.05) is 12.1 Å². The van der Waals surface area contributed by atoms with Crippen molar-refractivity contribution in [3.05, 3.63) is 35.4 Å². The molecule has 4 fully saturated rings. The maximum atomic E-state index is 13.7. The number of likely N-dealkylation sites (tertiary alicyclic amines) is 2. The molecule has 0 radical (unpaired) electrons. The number of nitrogens with one attached hydrogen (secondary N) is 1. The van der Waals surface area contributed by atoms with Gasteiger partial charge in [0.25, 0.3) is 5.91 Å². The lowest BCUT2D eigenvalue weighted by Crippen LogP contribution is -2.60. The van der Waals surface area contributed by atoms with Crippen LogP contribution in [0.3, 0.4) is 0 Å². The maximum absolute atomic E-state index is 13.7. The summed E-state index contributed by atoms with van der Waals surface area (Å²) in [6, 6.07) is 6.85. The van der Waals surface area contributed by atoms with E-state index in [1.54, 1.807) is 4.90 Å². The topological polar surface area (TPSA) is 105 Å². The van der Waals surface area contributed by atoms with Gasteiger partial charge in [-0.2, -0.15) is 0 Å². The number of rotatable bonds is 5. The number of carbonyl (C=O) groups is 3. The van der Waals surface area contributed by atoms with Crippen LogP contribution in [0.15, 0.2) is 24.3 Å². The molecule has 8 heteroatoms. The Morgan fingerprint density at radius 3 is 2.47 bits per heavy atom. The second kappa shape index (κ2) is 9.40. The predicted molar refractivity (Wildman–Crippen MR) is 127 cm³/mol. The van der Waals surface area contributed by atoms with Gasteiger partial charge in [0, 0.05) is 12.1 Å². The first-order chi connectivity index (χ1) is 16.4. The minimum Gasteiger partial charge on any atom is -0.366 e. The minimum absolute atomic E-state index is 0.00398. The lowest BCUT2D eigenvalue weighted by molar-refractivity contribution is -0.142. The van der Waals surface area contributed by atoms with Crippen molar-refractivity contribution in [2.75, 3.05) is 32.8 Å². The van der Waals surface area contributed by atoms with Gasteiger partial charge >= 0.3 is 0 Å². The van der Waals surface area contributed by atoms with Crippen molar-refractivity contribution in [3.63, 3.8) is 0 Å². The Morgan fingerprint density at radius 1 is 1.15 bits per heavy atom. The molecule has 0 spiro atoms. The number of amides is 2. The molecule has 8 nitrogen and oxygen atoms in total. The Balaban J connectivity index is 1.28. The molecule has 0 unspecified atom stereocenters. The zero-order chi connectivity index (χ0) is 23.9. The van der Waals surface area contributed by atoms with Crippen LogP contribution in [0.1, 0.15) is 67.3 Å². The molecule has 1 aromatic carbocycles. The van der Waals surface area contributed by atoms with Gasteiger partial charge in [-0.05, 0) is 68.9 Å². The van der Waals surface area contributed by atoms with E-state index in [0.29, 0.717) is 24.3 Å². The monoisotopic (exact) mass is 468 g/mol. The number of carbonyl (C=O) groups excluding carboxylic acids is 3. The Labute approximate surface area is 201 Å². The fourth-order valence-corrected chi connectivity index (χ4v) is 6.33. The lowest BCUT2D eigenvalue weighted by Gasteiger charge is -2.35. The van der Waals surface area contributed by atoms with Crippen molar-refractivity contribution < 1.29 is 19.1 Å². The van der Waals surface area contributed by atoms with Gasteiger partial charge in [0.15, 0.2) is 5.78 Å². The number of hydrogen-bond acceptors (Lipinski definition) is 6. The number of ketones is 1. The summed E-state index contributed by atoms with van der Waals surface area (Å²) in [5.41, 5.74) is 7.02. The molecule has 3 atom stereocenters. The molecular formula is C26H36N4O4. The molecule has 3 N–H and O–H groups in total. The quantitative estimate of drug-likeness (QED) is 0.678. The Morgan fingerprint density at radius 2 is 1.82 bits per heavy atom. The standard InChI is InChI=1S/C26H36N4O4/c1-2-29-13-9-18(10-14-29)17-5-7-19(8-6-17)24(32)28-26(11-3-4-12-26)25(33)30-15-20(27)23-22(30)21(31)16-34-23/h5-8,18,20,22-23H,2-4,9-16,27H2,1H3,(H,28,32)/t20-,22-,23-/m1/s1. The SMILES string of the molecule is CCN1CCC(c2ccc(C(=O)NC3(C(=O)N4C[C@@H](N)[C@H]5OCC(=O)[C@H]54)CCCC3)cc2)CC1. The third-order valence-electron chi connectivity index (χ3n) is 8.38. The van der Waals surface area contributed by atoms with E-state index in [1.165, 1.54) is 5.56 Å². The van der Waals surface area contributed by atoms with Crippen molar-refractivity contribution in [1.29, 1.82) is 0 Å². The van der Waals surface area contributed by atoms with E-state index < -0.39 is 17.7 Å². The van der Waals surface area contributed by atoms with Gasteiger partial charge < -0.3 is 25.6 Å². The molecule has 3 saturated heterocycles. The Bertz CT molecular complexity index is 935. The predicted octanol–water partition coefficient (Wildman–Crippen LogP) is 1.43. The van der Waals surface area contributed by atoms with Crippen molar-refractivity contribution in [2.24, 2.45) is 5.73 Å². The summed E-state index contributed by atoms with van der Waals surface area (Å²) in [5.74, 6) is -0.0108. The molecule has 4 aliphatic rings. The van der Waals surface area contributed by atoms with E-state index in [4.69, 9.17) is 10.5 Å². The van der Waals surface area contributed by atoms with Crippen LogP contribution in [0, 0.1) is 0 Å². The fraction of sp³-hybridized carbons (Fsp3) is 0.654. The van der Waals surface area contributed by atoms with Crippen LogP contribution in [0.2, 0.25) is 0 Å². The number of benzene rings is 1. The number of hydrogen-bond donors (Lipinski definition) is 2. The Hall–Kier alpha value is -2.29. The first-order valence-corrected chi connectivity index (χ1v) is 12.8. The summed E-state index contributed by atoms with van der Waals surface area (Å²) in [4.78, 5) is 43.4. The summed E-state index contributed by atoms with van der Waals surface area (Å²) in [6.45, 7) is 5.80. The van der Waals surface area contributed by atoms with Crippen LogP contribution >= 0.6 is 0 Å². The van der Waals surface area contributed by atoms with Crippen molar-refractivity contribution in [1.82, 2.24) is 15.1 Å². The van der Waals surface area contributed by atoms with Crippen LogP contribution in [-0.4, -0.2) is 83.9 Å². The summed E-state index contributed by atoms with van der Waals surface area (Å²) in [7, 11) is 0. The summed E-state index contributed by atoms with van der Waals surface area (Å²) >= 11 is 0. The highest BCUT2D eigenvalue weighted by Gasteiger charge is 2.55. The Kier molecular flexibility index (Phi) is 6.48. The smallest absolute Gasteiger partial charge is 0.252 e. The van der Waals surface area contributed by atoms with Crippen molar-refractivity contribution in [2.45, 2.75) is 75.1 Å². The van der Waals surface area contributed by atoms with Gasteiger partial charge in [0.2, 0.25) is 5.91 Å². The third-order valence-corrected chi connectivity index (χ3v) is 8.38. The molecule has 34 heavy (non-hydrogen) atoms. The van der Waals surface area contributed by atoms with E-state index in [2.05, 4.69) is 29.3 Å². The minimum atomic E-state index is -0.986. The van der Waals surface area contributed by atoms with Gasteiger partial charge in [-0.25, -0.2) is 0 Å². The van der Waals surface area contributed by atoms with Crippen LogP contribution in [0.4, 0.5) is 0 Å². The molecular weight excluding hydrogens is 432 g/mol. The zero-order valence-electron chi connectivity index (χ0n) is 20.0. The van der Waals surface area contributed by atoms with Crippen LogP contribution in [0.25, 0.3) is 0 Å². The van der Waals surface area contributed by atoms with Gasteiger partial charge in [-0.1, -0.05) is 31.9 Å². The van der Waals surface area contributed by atoms with E-state index in [0.717, 1.165) is 45.3 Å². The first kappa shape index (κ1) is 23.5. The number of fused-ring (bicyclic) bond motifs is 1. The van der Waals surface area contributed by atoms with Gasteiger partial charge in [0.1, 0.15) is 24.3 Å². The zero-order valence-corrected chi connectivity index (χ0v) is 20.0. The number of Topliss-reactive ketones (excluding diaryl/α,β-unsaturated/α-hetero) is 1. The first-order valence-electron chi connectivity index (χ1n) is 12.8. The second-order valence-corrected chi connectivity index (χ2v) is 10.4. The molecule has 5 rings (SSSR count). The highest BCUT2D eigenvalue weighted by molar-refractivity contribution is 6.01. The molecule has 184 valence electrons. The fourth-order valence-electron chi connectivity index (χ4n) is 6.33.